The highest BCUT2D eigenvalue weighted by Gasteiger charge is 2.28. The first-order valence-corrected chi connectivity index (χ1v) is 7.12. The molecule has 1 aromatic heterocycles. The van der Waals surface area contributed by atoms with Crippen LogP contribution in [0, 0.1) is 0 Å². The molecule has 1 aromatic rings. The standard InChI is InChI=1S/C15H25N3O/c1-12(2)18-8-9-19-15(11-18)14(16-3)10-13-4-6-17-7-5-13/h4-7,12,14-16H,8-11H2,1-3H3. The van der Waals surface area contributed by atoms with Crippen LogP contribution < -0.4 is 5.32 Å². The second kappa shape index (κ2) is 6.98. The fourth-order valence-electron chi connectivity index (χ4n) is 2.60. The Bertz CT molecular complexity index is 369. The van der Waals surface area contributed by atoms with E-state index >= 15 is 0 Å². The van der Waals surface area contributed by atoms with Crippen molar-refractivity contribution >= 4 is 0 Å². The Morgan fingerprint density at radius 3 is 2.79 bits per heavy atom. The summed E-state index contributed by atoms with van der Waals surface area (Å²) in [5, 5.41) is 3.41. The summed E-state index contributed by atoms with van der Waals surface area (Å²) in [6.45, 7) is 7.38. The minimum atomic E-state index is 0.259. The normalized spacial score (nSPS) is 22.6. The number of morpholine rings is 1. The van der Waals surface area contributed by atoms with E-state index in [1.54, 1.807) is 0 Å². The highest BCUT2D eigenvalue weighted by Crippen LogP contribution is 2.14. The Balaban J connectivity index is 1.97. The molecule has 1 aliphatic rings. The molecule has 2 unspecified atom stereocenters. The summed E-state index contributed by atoms with van der Waals surface area (Å²) in [6, 6.07) is 5.09. The van der Waals surface area contributed by atoms with Crippen molar-refractivity contribution in [2.24, 2.45) is 0 Å². The third kappa shape index (κ3) is 4.00. The maximum absolute atomic E-state index is 5.96. The van der Waals surface area contributed by atoms with Gasteiger partial charge in [-0.2, -0.15) is 0 Å². The van der Waals surface area contributed by atoms with Crippen molar-refractivity contribution in [1.29, 1.82) is 0 Å². The van der Waals surface area contributed by atoms with Gasteiger partial charge in [0.2, 0.25) is 0 Å². The van der Waals surface area contributed by atoms with E-state index in [2.05, 4.69) is 41.2 Å². The smallest absolute Gasteiger partial charge is 0.0858 e. The molecule has 4 heteroatoms. The van der Waals surface area contributed by atoms with Crippen LogP contribution in [0.4, 0.5) is 0 Å². The number of hydrogen-bond acceptors (Lipinski definition) is 4. The van der Waals surface area contributed by atoms with E-state index in [1.807, 2.05) is 19.4 Å². The first kappa shape index (κ1) is 14.4. The van der Waals surface area contributed by atoms with Crippen molar-refractivity contribution in [2.75, 3.05) is 26.7 Å². The topological polar surface area (TPSA) is 37.4 Å². The van der Waals surface area contributed by atoms with E-state index in [4.69, 9.17) is 4.74 Å². The zero-order valence-electron chi connectivity index (χ0n) is 12.2. The number of rotatable bonds is 5. The van der Waals surface area contributed by atoms with Gasteiger partial charge in [0.15, 0.2) is 0 Å². The van der Waals surface area contributed by atoms with Gasteiger partial charge in [-0.1, -0.05) is 0 Å². The molecule has 2 heterocycles. The van der Waals surface area contributed by atoms with Crippen molar-refractivity contribution < 1.29 is 4.74 Å². The van der Waals surface area contributed by atoms with Gasteiger partial charge in [0.05, 0.1) is 12.7 Å². The van der Waals surface area contributed by atoms with Gasteiger partial charge in [-0.25, -0.2) is 0 Å². The molecule has 0 radical (unpaired) electrons. The molecule has 0 saturated carbocycles. The van der Waals surface area contributed by atoms with Crippen LogP contribution in [0.2, 0.25) is 0 Å². The van der Waals surface area contributed by atoms with Gasteiger partial charge in [-0.15, -0.1) is 0 Å². The summed E-state index contributed by atoms with van der Waals surface area (Å²) in [5.41, 5.74) is 1.31. The molecular formula is C15H25N3O. The van der Waals surface area contributed by atoms with E-state index in [-0.39, 0.29) is 6.10 Å². The highest BCUT2D eigenvalue weighted by molar-refractivity contribution is 5.12. The molecule has 106 valence electrons. The minimum absolute atomic E-state index is 0.259. The predicted molar refractivity (Wildman–Crippen MR) is 77.2 cm³/mol. The molecule has 1 saturated heterocycles. The van der Waals surface area contributed by atoms with Crippen LogP contribution in [0.15, 0.2) is 24.5 Å². The molecule has 0 aliphatic carbocycles. The van der Waals surface area contributed by atoms with E-state index in [1.165, 1.54) is 5.56 Å². The van der Waals surface area contributed by atoms with Crippen LogP contribution in [0.1, 0.15) is 19.4 Å². The molecule has 1 fully saturated rings. The number of pyridine rings is 1. The summed E-state index contributed by atoms with van der Waals surface area (Å²) in [6.07, 6.45) is 4.94. The van der Waals surface area contributed by atoms with E-state index < -0.39 is 0 Å². The average molecular weight is 263 g/mol. The van der Waals surface area contributed by atoms with Gasteiger partial charge >= 0.3 is 0 Å². The van der Waals surface area contributed by atoms with Crippen molar-refractivity contribution in [2.45, 2.75) is 38.5 Å². The minimum Gasteiger partial charge on any atom is -0.374 e. The summed E-state index contributed by atoms with van der Waals surface area (Å²) in [7, 11) is 2.02. The maximum atomic E-state index is 5.96. The summed E-state index contributed by atoms with van der Waals surface area (Å²) in [5.74, 6) is 0. The summed E-state index contributed by atoms with van der Waals surface area (Å²) < 4.78 is 5.96. The molecule has 4 nitrogen and oxygen atoms in total. The molecule has 1 N–H and O–H groups in total. The van der Waals surface area contributed by atoms with Crippen LogP contribution in [-0.4, -0.2) is 54.8 Å². The van der Waals surface area contributed by atoms with Gasteiger partial charge in [-0.3, -0.25) is 9.88 Å². The lowest BCUT2D eigenvalue weighted by Crippen LogP contribution is -2.53. The molecule has 0 bridgehead atoms. The summed E-state index contributed by atoms with van der Waals surface area (Å²) >= 11 is 0. The van der Waals surface area contributed by atoms with Crippen LogP contribution in [-0.2, 0) is 11.2 Å². The Morgan fingerprint density at radius 2 is 2.16 bits per heavy atom. The third-order valence-corrected chi connectivity index (χ3v) is 3.88. The zero-order chi connectivity index (χ0) is 13.7. The predicted octanol–water partition coefficient (Wildman–Crippen LogP) is 1.32. The molecule has 0 amide bonds. The molecular weight excluding hydrogens is 238 g/mol. The van der Waals surface area contributed by atoms with Crippen LogP contribution in [0.3, 0.4) is 0 Å². The molecule has 2 atom stereocenters. The molecule has 0 spiro atoms. The average Bonchev–Trinajstić information content (AvgIpc) is 2.46. The van der Waals surface area contributed by atoms with Gasteiger partial charge in [0, 0.05) is 37.6 Å². The van der Waals surface area contributed by atoms with Crippen molar-refractivity contribution in [3.63, 3.8) is 0 Å². The lowest BCUT2D eigenvalue weighted by molar-refractivity contribution is -0.0541. The SMILES string of the molecule is CNC(Cc1ccncc1)C1CN(C(C)C)CCO1. The first-order valence-electron chi connectivity index (χ1n) is 7.12. The highest BCUT2D eigenvalue weighted by atomic mass is 16.5. The van der Waals surface area contributed by atoms with Gasteiger partial charge in [0.25, 0.3) is 0 Å². The third-order valence-electron chi connectivity index (χ3n) is 3.88. The van der Waals surface area contributed by atoms with Crippen molar-refractivity contribution in [3.8, 4) is 0 Å². The zero-order valence-corrected chi connectivity index (χ0v) is 12.2. The fourth-order valence-corrected chi connectivity index (χ4v) is 2.60. The summed E-state index contributed by atoms with van der Waals surface area (Å²) in [4.78, 5) is 6.56. The molecule has 1 aliphatic heterocycles. The first-order chi connectivity index (χ1) is 9.20. The van der Waals surface area contributed by atoms with E-state index in [0.29, 0.717) is 12.1 Å². The number of hydrogen-bond donors (Lipinski definition) is 1. The lowest BCUT2D eigenvalue weighted by Gasteiger charge is -2.39. The van der Waals surface area contributed by atoms with E-state index in [9.17, 15) is 0 Å². The Morgan fingerprint density at radius 1 is 1.42 bits per heavy atom. The maximum Gasteiger partial charge on any atom is 0.0858 e. The fraction of sp³-hybridized carbons (Fsp3) is 0.667. The second-order valence-electron chi connectivity index (χ2n) is 5.45. The van der Waals surface area contributed by atoms with Gasteiger partial charge in [0.1, 0.15) is 0 Å². The Hall–Kier alpha value is -0.970. The number of ether oxygens (including phenoxy) is 1. The van der Waals surface area contributed by atoms with Gasteiger partial charge < -0.3 is 10.1 Å². The van der Waals surface area contributed by atoms with E-state index in [0.717, 1.165) is 26.1 Å². The quantitative estimate of drug-likeness (QED) is 0.869. The number of nitrogens with one attached hydrogen (secondary N) is 1. The molecule has 0 aromatic carbocycles. The van der Waals surface area contributed by atoms with Gasteiger partial charge in [-0.05, 0) is 45.0 Å². The number of aromatic nitrogens is 1. The largest absolute Gasteiger partial charge is 0.374 e. The van der Waals surface area contributed by atoms with Crippen LogP contribution >= 0.6 is 0 Å². The molecule has 19 heavy (non-hydrogen) atoms. The second-order valence-corrected chi connectivity index (χ2v) is 5.45. The number of likely N-dealkylation sites (N-methyl/N-ethyl adjacent to an activating group) is 1. The van der Waals surface area contributed by atoms with Crippen molar-refractivity contribution in [3.05, 3.63) is 30.1 Å². The van der Waals surface area contributed by atoms with Crippen LogP contribution in [0.25, 0.3) is 0 Å². The van der Waals surface area contributed by atoms with Crippen molar-refractivity contribution in [1.82, 2.24) is 15.2 Å². The van der Waals surface area contributed by atoms with Crippen LogP contribution in [0.5, 0.6) is 0 Å². The number of nitrogens with zero attached hydrogens (tertiary/aromatic N) is 2. The molecule has 2 rings (SSSR count). The Kier molecular flexibility index (Phi) is 5.31. The monoisotopic (exact) mass is 263 g/mol. The Labute approximate surface area is 116 Å². The lowest BCUT2D eigenvalue weighted by atomic mass is 10.0.